The number of sulfonamides is 1. The van der Waals surface area contributed by atoms with Crippen LogP contribution in [-0.2, 0) is 14.8 Å². The summed E-state index contributed by atoms with van der Waals surface area (Å²) in [7, 11) is -3.27. The molecule has 2 unspecified atom stereocenters. The second-order valence-electron chi connectivity index (χ2n) is 4.97. The number of para-hydroxylation sites is 2. The minimum Gasteiger partial charge on any atom is -0.380 e. The van der Waals surface area contributed by atoms with Gasteiger partial charge in [0.15, 0.2) is 0 Å². The third-order valence-corrected chi connectivity index (χ3v) is 3.66. The molecule has 0 spiro atoms. The van der Waals surface area contributed by atoms with E-state index in [1.165, 1.54) is 0 Å². The Bertz CT molecular complexity index is 530. The maximum absolute atomic E-state index is 11.3. The summed E-state index contributed by atoms with van der Waals surface area (Å²) in [5, 5.41) is 3.40. The van der Waals surface area contributed by atoms with Crippen LogP contribution in [-0.4, -0.2) is 33.4 Å². The summed E-state index contributed by atoms with van der Waals surface area (Å²) in [5.41, 5.74) is 1.40. The van der Waals surface area contributed by atoms with Crippen molar-refractivity contribution in [2.45, 2.75) is 31.9 Å². The molecule has 0 bridgehead atoms. The van der Waals surface area contributed by atoms with Crippen LogP contribution in [0, 0.1) is 0 Å². The first-order chi connectivity index (χ1) is 8.94. The average molecular weight is 284 g/mol. The van der Waals surface area contributed by atoms with Crippen LogP contribution in [0.3, 0.4) is 0 Å². The van der Waals surface area contributed by atoms with Gasteiger partial charge in [-0.15, -0.1) is 0 Å². The highest BCUT2D eigenvalue weighted by Crippen LogP contribution is 2.25. The van der Waals surface area contributed by atoms with Crippen molar-refractivity contribution in [2.24, 2.45) is 0 Å². The van der Waals surface area contributed by atoms with Crippen LogP contribution in [0.15, 0.2) is 24.3 Å². The minimum absolute atomic E-state index is 0.237. The Morgan fingerprint density at radius 2 is 1.95 bits per heavy atom. The van der Waals surface area contributed by atoms with Crippen molar-refractivity contribution < 1.29 is 13.2 Å². The lowest BCUT2D eigenvalue weighted by molar-refractivity contribution is 0.0232. The maximum Gasteiger partial charge on any atom is 0.229 e. The number of rotatable bonds is 4. The van der Waals surface area contributed by atoms with Crippen molar-refractivity contribution in [3.63, 3.8) is 0 Å². The molecular weight excluding hydrogens is 264 g/mol. The molecule has 0 aromatic heterocycles. The van der Waals surface area contributed by atoms with E-state index < -0.39 is 10.0 Å². The molecule has 2 rings (SSSR count). The number of hydrogen-bond donors (Lipinski definition) is 2. The summed E-state index contributed by atoms with van der Waals surface area (Å²) in [5.74, 6) is 0. The van der Waals surface area contributed by atoms with Gasteiger partial charge in [-0.25, -0.2) is 8.42 Å². The summed E-state index contributed by atoms with van der Waals surface area (Å²) < 4.78 is 30.7. The van der Waals surface area contributed by atoms with E-state index in [0.29, 0.717) is 11.7 Å². The average Bonchev–Trinajstić information content (AvgIpc) is 2.30. The number of ether oxygens (including phenoxy) is 1. The fraction of sp³-hybridized carbons (Fsp3) is 0.538. The Labute approximate surface area is 114 Å². The molecular formula is C13H20N2O3S. The van der Waals surface area contributed by atoms with Gasteiger partial charge in [-0.2, -0.15) is 0 Å². The molecule has 0 radical (unpaired) electrons. The van der Waals surface area contributed by atoms with Gasteiger partial charge in [-0.1, -0.05) is 12.1 Å². The van der Waals surface area contributed by atoms with Crippen molar-refractivity contribution in [1.82, 2.24) is 0 Å². The van der Waals surface area contributed by atoms with Gasteiger partial charge in [0.1, 0.15) is 0 Å². The van der Waals surface area contributed by atoms with Gasteiger partial charge < -0.3 is 10.1 Å². The first kappa shape index (κ1) is 14.1. The Kier molecular flexibility index (Phi) is 4.31. The Balaban J connectivity index is 2.11. The zero-order chi connectivity index (χ0) is 13.9. The molecule has 1 heterocycles. The molecule has 6 heteroatoms. The van der Waals surface area contributed by atoms with Gasteiger partial charge >= 0.3 is 0 Å². The van der Waals surface area contributed by atoms with Crippen molar-refractivity contribution in [1.29, 1.82) is 0 Å². The molecule has 2 N–H and O–H groups in total. The number of nitrogens with one attached hydrogen (secondary N) is 2. The predicted octanol–water partition coefficient (Wildman–Crippen LogP) is 2.04. The summed E-state index contributed by atoms with van der Waals surface area (Å²) in [4.78, 5) is 0. The lowest BCUT2D eigenvalue weighted by Crippen LogP contribution is -2.32. The van der Waals surface area contributed by atoms with Gasteiger partial charge in [0.05, 0.1) is 23.7 Å². The van der Waals surface area contributed by atoms with Gasteiger partial charge in [-0.3, -0.25) is 4.72 Å². The highest BCUT2D eigenvalue weighted by Gasteiger charge is 2.20. The Morgan fingerprint density at radius 3 is 2.58 bits per heavy atom. The number of hydrogen-bond acceptors (Lipinski definition) is 4. The maximum atomic E-state index is 11.3. The fourth-order valence-electron chi connectivity index (χ4n) is 2.25. The molecule has 1 aromatic carbocycles. The predicted molar refractivity (Wildman–Crippen MR) is 77.0 cm³/mol. The molecule has 1 aromatic rings. The lowest BCUT2D eigenvalue weighted by atomic mass is 10.0. The van der Waals surface area contributed by atoms with Crippen molar-refractivity contribution in [2.75, 3.05) is 22.9 Å². The first-order valence-corrected chi connectivity index (χ1v) is 8.28. The summed E-state index contributed by atoms with van der Waals surface area (Å²) in [6.45, 7) is 2.79. The van der Waals surface area contributed by atoms with Crippen molar-refractivity contribution in [3.05, 3.63) is 24.3 Å². The molecule has 106 valence electrons. The standard InChI is InChI=1S/C13H20N2O3S/c1-10-9-11(7-8-18-10)14-12-5-3-4-6-13(12)15-19(2,16)17/h3-6,10-11,14-15H,7-9H2,1-2H3. The number of anilines is 2. The van der Waals surface area contributed by atoms with E-state index in [4.69, 9.17) is 4.74 Å². The first-order valence-electron chi connectivity index (χ1n) is 6.39. The van der Waals surface area contributed by atoms with Crippen molar-refractivity contribution in [3.8, 4) is 0 Å². The van der Waals surface area contributed by atoms with Crippen molar-refractivity contribution >= 4 is 21.4 Å². The quantitative estimate of drug-likeness (QED) is 0.888. The fourth-order valence-corrected chi connectivity index (χ4v) is 2.82. The summed E-state index contributed by atoms with van der Waals surface area (Å²) in [6.07, 6.45) is 3.24. The van der Waals surface area contributed by atoms with Crippen LogP contribution >= 0.6 is 0 Å². The van der Waals surface area contributed by atoms with E-state index in [-0.39, 0.29) is 6.10 Å². The largest absolute Gasteiger partial charge is 0.380 e. The van der Waals surface area contributed by atoms with Gasteiger partial charge in [0, 0.05) is 12.6 Å². The van der Waals surface area contributed by atoms with E-state index in [0.717, 1.165) is 31.4 Å². The molecule has 1 saturated heterocycles. The molecule has 0 amide bonds. The zero-order valence-corrected chi connectivity index (χ0v) is 12.0. The van der Waals surface area contributed by atoms with Gasteiger partial charge in [-0.05, 0) is 31.9 Å². The third-order valence-electron chi connectivity index (χ3n) is 3.07. The van der Waals surface area contributed by atoms with Gasteiger partial charge in [0.2, 0.25) is 10.0 Å². The second kappa shape index (κ2) is 5.79. The molecule has 0 aliphatic carbocycles. The molecule has 5 nitrogen and oxygen atoms in total. The van der Waals surface area contributed by atoms with Gasteiger partial charge in [0.25, 0.3) is 0 Å². The van der Waals surface area contributed by atoms with Crippen LogP contribution in [0.25, 0.3) is 0 Å². The van der Waals surface area contributed by atoms with E-state index in [9.17, 15) is 8.42 Å². The van der Waals surface area contributed by atoms with E-state index in [2.05, 4.69) is 17.0 Å². The summed E-state index contributed by atoms with van der Waals surface area (Å²) >= 11 is 0. The molecule has 1 aliphatic heterocycles. The third kappa shape index (κ3) is 4.40. The smallest absolute Gasteiger partial charge is 0.229 e. The topological polar surface area (TPSA) is 67.4 Å². The molecule has 0 saturated carbocycles. The second-order valence-corrected chi connectivity index (χ2v) is 6.72. The van der Waals surface area contributed by atoms with E-state index >= 15 is 0 Å². The Morgan fingerprint density at radius 1 is 1.26 bits per heavy atom. The SMILES string of the molecule is CC1CC(Nc2ccccc2NS(C)(=O)=O)CCO1. The normalized spacial score (nSPS) is 23.9. The van der Waals surface area contributed by atoms with Crippen LogP contribution in [0.2, 0.25) is 0 Å². The highest BCUT2D eigenvalue weighted by atomic mass is 32.2. The van der Waals surface area contributed by atoms with Crippen LogP contribution in [0.1, 0.15) is 19.8 Å². The number of benzene rings is 1. The van der Waals surface area contributed by atoms with Crippen LogP contribution in [0.5, 0.6) is 0 Å². The minimum atomic E-state index is -3.27. The molecule has 2 atom stereocenters. The highest BCUT2D eigenvalue weighted by molar-refractivity contribution is 7.92. The molecule has 1 aliphatic rings. The Hall–Kier alpha value is -1.27. The molecule has 1 fully saturated rings. The lowest BCUT2D eigenvalue weighted by Gasteiger charge is -2.29. The van der Waals surface area contributed by atoms with E-state index in [1.54, 1.807) is 6.07 Å². The van der Waals surface area contributed by atoms with E-state index in [1.807, 2.05) is 18.2 Å². The van der Waals surface area contributed by atoms with Crippen LogP contribution in [0.4, 0.5) is 11.4 Å². The summed E-state index contributed by atoms with van der Waals surface area (Å²) in [6, 6.07) is 7.65. The monoisotopic (exact) mass is 284 g/mol. The molecule has 19 heavy (non-hydrogen) atoms. The zero-order valence-electron chi connectivity index (χ0n) is 11.2. The van der Waals surface area contributed by atoms with Crippen LogP contribution < -0.4 is 10.0 Å².